The Kier molecular flexibility index (Phi) is 13.8. The standard InChI is InChI=1S/C39H55N5O8Si/c1-10-11-24-49-36(47)42-30(26(2)3)33(45)50-31-32(51-34(38(31,7)48)44-23-22-29(41-35(44)46)40-25-43(8)9)39(52-53-37(4,5)6,27-18-14-12-15-19-27)28-20-16-13-17-21-28/h12-23,25-26,30-32,34,48H,10-11,24,53H2,1-9H3,(H,42,47). The van der Waals surface area contributed by atoms with Gasteiger partial charge in [0.25, 0.3) is 0 Å². The van der Waals surface area contributed by atoms with Gasteiger partial charge >= 0.3 is 17.8 Å². The van der Waals surface area contributed by atoms with Gasteiger partial charge in [0.1, 0.15) is 23.3 Å². The van der Waals surface area contributed by atoms with Gasteiger partial charge in [-0.2, -0.15) is 4.98 Å². The van der Waals surface area contributed by atoms with E-state index in [-0.39, 0.29) is 17.5 Å². The Morgan fingerprint density at radius 3 is 2.21 bits per heavy atom. The second-order valence-corrected chi connectivity index (χ2v) is 18.0. The van der Waals surface area contributed by atoms with Gasteiger partial charge in [-0.25, -0.2) is 19.4 Å². The number of alkyl carbamates (subject to hydrolysis) is 1. The van der Waals surface area contributed by atoms with E-state index in [1.165, 1.54) is 30.1 Å². The number of esters is 1. The summed E-state index contributed by atoms with van der Waals surface area (Å²) in [6.45, 7) is 13.4. The molecule has 0 radical (unpaired) electrons. The second kappa shape index (κ2) is 17.6. The molecule has 4 rings (SSSR count). The van der Waals surface area contributed by atoms with E-state index in [2.05, 4.69) is 36.1 Å². The van der Waals surface area contributed by atoms with Crippen LogP contribution in [-0.4, -0.2) is 92.3 Å². The Morgan fingerprint density at radius 2 is 1.70 bits per heavy atom. The Hall–Kier alpha value is -4.37. The summed E-state index contributed by atoms with van der Waals surface area (Å²) in [4.78, 5) is 50.7. The lowest BCUT2D eigenvalue weighted by molar-refractivity contribution is -0.172. The number of aliphatic hydroxyl groups is 1. The number of unbranched alkanes of at least 4 members (excludes halogenated alkanes) is 1. The van der Waals surface area contributed by atoms with Crippen LogP contribution in [0.15, 0.2) is 82.7 Å². The Bertz CT molecular complexity index is 1700. The van der Waals surface area contributed by atoms with Gasteiger partial charge < -0.3 is 34.0 Å². The van der Waals surface area contributed by atoms with Gasteiger partial charge in [-0.05, 0) is 41.5 Å². The van der Waals surface area contributed by atoms with Crippen LogP contribution in [0, 0.1) is 5.92 Å². The molecule has 3 aromatic rings. The monoisotopic (exact) mass is 749 g/mol. The minimum absolute atomic E-state index is 0.163. The van der Waals surface area contributed by atoms with E-state index in [4.69, 9.17) is 18.6 Å². The van der Waals surface area contributed by atoms with Crippen LogP contribution in [0.4, 0.5) is 10.6 Å². The molecule has 0 spiro atoms. The molecule has 1 aliphatic rings. The summed E-state index contributed by atoms with van der Waals surface area (Å²) in [5.41, 5.74) is -2.81. The third-order valence-corrected chi connectivity index (χ3v) is 10.3. The molecule has 288 valence electrons. The van der Waals surface area contributed by atoms with E-state index in [1.807, 2.05) is 67.6 Å². The van der Waals surface area contributed by atoms with Crippen LogP contribution in [0.5, 0.6) is 0 Å². The maximum absolute atomic E-state index is 14.2. The van der Waals surface area contributed by atoms with Crippen molar-refractivity contribution in [3.8, 4) is 0 Å². The molecule has 2 aromatic carbocycles. The van der Waals surface area contributed by atoms with Gasteiger partial charge in [-0.1, -0.05) is 109 Å². The van der Waals surface area contributed by atoms with Crippen molar-refractivity contribution >= 4 is 34.0 Å². The molecule has 13 nitrogen and oxygen atoms in total. The topological polar surface area (TPSA) is 154 Å². The second-order valence-electron chi connectivity index (χ2n) is 15.3. The molecular weight excluding hydrogens is 695 g/mol. The summed E-state index contributed by atoms with van der Waals surface area (Å²) in [5.74, 6) is -1.06. The van der Waals surface area contributed by atoms with Crippen LogP contribution < -0.4 is 11.0 Å². The fourth-order valence-corrected chi connectivity index (χ4v) is 7.24. The van der Waals surface area contributed by atoms with Crippen LogP contribution in [-0.2, 0) is 29.0 Å². The molecule has 14 heteroatoms. The first-order valence-electron chi connectivity index (χ1n) is 18.1. The molecule has 5 atom stereocenters. The lowest BCUT2D eigenvalue weighted by Gasteiger charge is -2.44. The van der Waals surface area contributed by atoms with Crippen molar-refractivity contribution in [1.29, 1.82) is 0 Å². The fraction of sp³-hybridized carbons (Fsp3) is 0.513. The lowest BCUT2D eigenvalue weighted by atomic mass is 9.77. The van der Waals surface area contributed by atoms with Gasteiger partial charge in [-0.3, -0.25) is 4.57 Å². The van der Waals surface area contributed by atoms with Crippen molar-refractivity contribution in [2.24, 2.45) is 10.9 Å². The number of carbonyl (C=O) groups is 2. The number of hydrogen-bond donors (Lipinski definition) is 2. The van der Waals surface area contributed by atoms with Gasteiger partial charge in [0.05, 0.1) is 12.9 Å². The molecule has 1 aliphatic heterocycles. The van der Waals surface area contributed by atoms with E-state index in [0.717, 1.165) is 6.42 Å². The molecule has 2 N–H and O–H groups in total. The normalized spacial score (nSPS) is 21.3. The zero-order valence-electron chi connectivity index (χ0n) is 32.3. The number of amides is 1. The van der Waals surface area contributed by atoms with Crippen LogP contribution in [0.3, 0.4) is 0 Å². The van der Waals surface area contributed by atoms with E-state index in [1.54, 1.807) is 32.8 Å². The Balaban J connectivity index is 1.92. The molecule has 1 amide bonds. The maximum atomic E-state index is 14.2. The first kappa shape index (κ1) is 41.4. The minimum Gasteiger partial charge on any atom is -0.455 e. The number of ether oxygens (including phenoxy) is 3. The lowest BCUT2D eigenvalue weighted by Crippen LogP contribution is -2.57. The highest BCUT2D eigenvalue weighted by Gasteiger charge is 2.64. The molecular formula is C39H55N5O8Si. The number of carbonyl (C=O) groups excluding carboxylic acids is 2. The third kappa shape index (κ3) is 9.99. The highest BCUT2D eigenvalue weighted by Crippen LogP contribution is 2.51. The third-order valence-electron chi connectivity index (χ3n) is 8.82. The molecule has 0 aliphatic carbocycles. The average molecular weight is 750 g/mol. The number of nitrogens with zero attached hydrogens (tertiary/aromatic N) is 4. The van der Waals surface area contributed by atoms with Gasteiger partial charge in [0.2, 0.25) is 0 Å². The predicted octanol–water partition coefficient (Wildman–Crippen LogP) is 4.84. The number of rotatable bonds is 15. The Morgan fingerprint density at radius 1 is 1.09 bits per heavy atom. The highest BCUT2D eigenvalue weighted by atomic mass is 28.2. The van der Waals surface area contributed by atoms with E-state index >= 15 is 0 Å². The summed E-state index contributed by atoms with van der Waals surface area (Å²) >= 11 is 0. The number of hydrogen-bond acceptors (Lipinski definition) is 10. The minimum atomic E-state index is -2.04. The van der Waals surface area contributed by atoms with E-state index < -0.39 is 69.1 Å². The van der Waals surface area contributed by atoms with Crippen molar-refractivity contribution in [3.05, 3.63) is 94.5 Å². The van der Waals surface area contributed by atoms with Crippen LogP contribution in [0.1, 0.15) is 78.7 Å². The zero-order valence-corrected chi connectivity index (χ0v) is 33.7. The molecule has 1 aromatic heterocycles. The quantitative estimate of drug-likeness (QED) is 0.0726. The first-order chi connectivity index (χ1) is 25.0. The van der Waals surface area contributed by atoms with Crippen molar-refractivity contribution in [2.45, 2.75) is 102 Å². The number of benzene rings is 2. The fourth-order valence-electron chi connectivity index (χ4n) is 6.08. The summed E-state index contributed by atoms with van der Waals surface area (Å²) in [6, 6.07) is 19.3. The molecule has 0 bridgehead atoms. The molecule has 5 unspecified atom stereocenters. The average Bonchev–Trinajstić information content (AvgIpc) is 3.36. The van der Waals surface area contributed by atoms with Gasteiger partial charge in [0, 0.05) is 20.3 Å². The predicted molar refractivity (Wildman–Crippen MR) is 206 cm³/mol. The highest BCUT2D eigenvalue weighted by molar-refractivity contribution is 6.32. The first-order valence-corrected chi connectivity index (χ1v) is 19.4. The molecule has 53 heavy (non-hydrogen) atoms. The smallest absolute Gasteiger partial charge is 0.407 e. The summed E-state index contributed by atoms with van der Waals surface area (Å²) in [5, 5.41) is 15.1. The van der Waals surface area contributed by atoms with Crippen LogP contribution in [0.2, 0.25) is 5.04 Å². The summed E-state index contributed by atoms with van der Waals surface area (Å²) in [6.07, 6.45) is -0.337. The van der Waals surface area contributed by atoms with Crippen molar-refractivity contribution in [1.82, 2.24) is 19.8 Å². The van der Waals surface area contributed by atoms with Crippen molar-refractivity contribution < 1.29 is 33.3 Å². The molecule has 1 saturated heterocycles. The molecule has 0 saturated carbocycles. The summed E-state index contributed by atoms with van der Waals surface area (Å²) in [7, 11) is 2.19. The zero-order chi connectivity index (χ0) is 39.0. The van der Waals surface area contributed by atoms with Gasteiger partial charge in [-0.15, -0.1) is 0 Å². The number of nitrogens with one attached hydrogen (secondary N) is 1. The number of aliphatic imine (C=N–C) groups is 1. The van der Waals surface area contributed by atoms with Crippen molar-refractivity contribution in [2.75, 3.05) is 20.7 Å². The largest absolute Gasteiger partial charge is 0.455 e. The maximum Gasteiger partial charge on any atom is 0.407 e. The SMILES string of the molecule is CCCCOC(=O)NC(C(=O)OC1C(C(O[SiH2]C(C)(C)C)(c2ccccc2)c2ccccc2)OC(n2ccc(N=CN(C)C)nc2=O)C1(C)O)C(C)C. The van der Waals surface area contributed by atoms with Gasteiger partial charge in [0.15, 0.2) is 27.9 Å². The van der Waals surface area contributed by atoms with E-state index in [9.17, 15) is 19.5 Å². The van der Waals surface area contributed by atoms with Crippen LogP contribution in [0.25, 0.3) is 0 Å². The molecule has 1 fully saturated rings. The van der Waals surface area contributed by atoms with Crippen LogP contribution >= 0.6 is 0 Å². The van der Waals surface area contributed by atoms with Crippen molar-refractivity contribution in [3.63, 3.8) is 0 Å². The van der Waals surface area contributed by atoms with E-state index in [0.29, 0.717) is 17.5 Å². The molecule has 2 heterocycles. The Labute approximate surface area is 314 Å². The summed E-state index contributed by atoms with van der Waals surface area (Å²) < 4.78 is 26.8. The number of aromatic nitrogens is 2.